The molecule has 4 aliphatic carbocycles. The molecule has 0 N–H and O–H groups in total. The van der Waals surface area contributed by atoms with Gasteiger partial charge in [0.2, 0.25) is 0 Å². The van der Waals surface area contributed by atoms with Gasteiger partial charge in [-0.2, -0.15) is 0 Å². The molecule has 5 aliphatic rings. The van der Waals surface area contributed by atoms with Crippen LogP contribution in [0.2, 0.25) is 0 Å². The van der Waals surface area contributed by atoms with Gasteiger partial charge in [0.1, 0.15) is 5.60 Å². The lowest BCUT2D eigenvalue weighted by atomic mass is 9.46. The monoisotopic (exact) mass is 422 g/mol. The van der Waals surface area contributed by atoms with Gasteiger partial charge in [0.15, 0.2) is 10.9 Å². The molecule has 4 fully saturated rings. The van der Waals surface area contributed by atoms with Crippen LogP contribution in [0.25, 0.3) is 0 Å². The number of ketones is 1. The Balaban J connectivity index is 1.64. The van der Waals surface area contributed by atoms with Gasteiger partial charge in [0.05, 0.1) is 1.37 Å². The topological polar surface area (TPSA) is 60.4 Å². The largest absolute Gasteiger partial charge is 0.458 e. The second-order valence-electron chi connectivity index (χ2n) is 9.91. The Bertz CT molecular complexity index is 1080. The third-order valence-electron chi connectivity index (χ3n) is 8.75. The molecule has 7 atom stereocenters. The van der Waals surface area contributed by atoms with Gasteiger partial charge in [-0.15, -0.1) is 0 Å². The number of carbonyl (C=O) groups is 3. The zero-order valence-electron chi connectivity index (χ0n) is 23.2. The second kappa shape index (κ2) is 6.45. The van der Waals surface area contributed by atoms with Gasteiger partial charge in [0.25, 0.3) is 0 Å². The highest BCUT2D eigenvalue weighted by atomic mass is 32.2. The van der Waals surface area contributed by atoms with Crippen molar-refractivity contribution < 1.29 is 27.3 Å². The highest BCUT2D eigenvalue weighted by Gasteiger charge is 2.68. The Kier molecular flexibility index (Phi) is 3.13. The summed E-state index contributed by atoms with van der Waals surface area (Å²) in [5.74, 6) is -2.40. The van der Waals surface area contributed by atoms with Gasteiger partial charge in [-0.1, -0.05) is 31.2 Å². The molecule has 0 bridgehead atoms. The van der Waals surface area contributed by atoms with Crippen LogP contribution in [-0.4, -0.2) is 27.7 Å². The maximum atomic E-state index is 12.7. The molecule has 0 unspecified atom stereocenters. The Hall–Kier alpha value is -1.10. The number of thioether (sulfide) groups is 1. The SMILES string of the molecule is [2H]C1=C2C[C@]([2H])(SC(C)=O)[C@H]3[C@@H](CC[C@]4(C)[C@@H]3CC[C@]43CC([2H])([2H])C(=O)O3)[C@]2(C)CC([2H])([2H])C1=O. The molecule has 3 saturated carbocycles. The van der Waals surface area contributed by atoms with Crippen LogP contribution >= 0.6 is 11.8 Å². The van der Waals surface area contributed by atoms with Crippen molar-refractivity contribution in [3.8, 4) is 0 Å². The quantitative estimate of drug-likeness (QED) is 0.565. The van der Waals surface area contributed by atoms with Crippen LogP contribution in [0.4, 0.5) is 0 Å². The molecule has 0 amide bonds. The van der Waals surface area contributed by atoms with Gasteiger partial charge >= 0.3 is 5.97 Å². The fourth-order valence-electron chi connectivity index (χ4n) is 7.20. The summed E-state index contributed by atoms with van der Waals surface area (Å²) >= 11 is 0.923. The van der Waals surface area contributed by atoms with E-state index in [0.29, 0.717) is 31.3 Å². The molecule has 5 heteroatoms. The summed E-state index contributed by atoms with van der Waals surface area (Å²) in [6, 6.07) is -0.350. The Labute approximate surface area is 186 Å². The van der Waals surface area contributed by atoms with E-state index in [4.69, 9.17) is 11.6 Å². The highest BCUT2D eigenvalue weighted by molar-refractivity contribution is 8.14. The molecule has 0 aromatic carbocycles. The van der Waals surface area contributed by atoms with E-state index in [1.54, 1.807) is 0 Å². The summed E-state index contributed by atoms with van der Waals surface area (Å²) in [5, 5.41) is -1.57. The molecule has 1 heterocycles. The van der Waals surface area contributed by atoms with Crippen molar-refractivity contribution in [2.45, 2.75) is 89.3 Å². The van der Waals surface area contributed by atoms with Crippen LogP contribution < -0.4 is 0 Å². The van der Waals surface area contributed by atoms with E-state index in [0.717, 1.165) is 11.8 Å². The minimum atomic E-state index is -2.16. The minimum Gasteiger partial charge on any atom is -0.458 e. The molecule has 29 heavy (non-hydrogen) atoms. The van der Waals surface area contributed by atoms with Crippen LogP contribution in [-0.2, 0) is 19.1 Å². The summed E-state index contributed by atoms with van der Waals surface area (Å²) in [4.78, 5) is 37.5. The Morgan fingerprint density at radius 1 is 1.21 bits per heavy atom. The standard InChI is InChI=1S/C24H32O4S/c1-14(25)29-19-13-15-12-16(26)4-8-22(15,2)17-5-9-23(3)18(21(17)19)6-10-24(23)11-7-20(27)28-24/h12,17-19,21H,4-11,13H2,1-3H3/t17-,18-,19+,21+,22-,23-,24+/m1/s1/i4D2,7D2,12D,19D. The molecule has 5 rings (SSSR count). The van der Waals surface area contributed by atoms with E-state index in [9.17, 15) is 15.8 Å². The first kappa shape index (κ1) is 14.1. The van der Waals surface area contributed by atoms with E-state index in [1.165, 1.54) is 6.92 Å². The summed E-state index contributed by atoms with van der Waals surface area (Å²) in [7, 11) is 0. The number of fused-ring (bicyclic) bond motifs is 6. The summed E-state index contributed by atoms with van der Waals surface area (Å²) in [6.45, 7) is 5.36. The van der Waals surface area contributed by atoms with E-state index < -0.39 is 46.2 Å². The number of allylic oxidation sites excluding steroid dienone is 1. The predicted molar refractivity (Wildman–Crippen MR) is 112 cm³/mol. The molecule has 158 valence electrons. The van der Waals surface area contributed by atoms with Gasteiger partial charge in [-0.3, -0.25) is 14.4 Å². The number of rotatable bonds is 1. The molecule has 1 aliphatic heterocycles. The smallest absolute Gasteiger partial charge is 0.306 e. The van der Waals surface area contributed by atoms with Crippen molar-refractivity contribution >= 4 is 28.6 Å². The Morgan fingerprint density at radius 2 is 1.97 bits per heavy atom. The van der Waals surface area contributed by atoms with E-state index in [1.807, 2.05) is 13.8 Å². The maximum Gasteiger partial charge on any atom is 0.306 e. The molecule has 1 spiro atoms. The van der Waals surface area contributed by atoms with Gasteiger partial charge < -0.3 is 4.74 Å². The van der Waals surface area contributed by atoms with Gasteiger partial charge in [0, 0.05) is 37.2 Å². The Morgan fingerprint density at radius 3 is 2.66 bits per heavy atom. The molecular weight excluding hydrogens is 384 g/mol. The number of hydrogen-bond donors (Lipinski definition) is 0. The van der Waals surface area contributed by atoms with Crippen LogP contribution in [0.5, 0.6) is 0 Å². The molecule has 0 aromatic heterocycles. The van der Waals surface area contributed by atoms with Crippen LogP contribution in [0.3, 0.4) is 0 Å². The molecular formula is C24H32O4S. The first-order chi connectivity index (χ1) is 15.9. The fourth-order valence-corrected chi connectivity index (χ4v) is 8.25. The molecule has 1 saturated heterocycles. The van der Waals surface area contributed by atoms with E-state index in [-0.39, 0.29) is 48.2 Å². The van der Waals surface area contributed by atoms with Crippen LogP contribution in [0.15, 0.2) is 11.6 Å². The molecule has 0 aromatic rings. The van der Waals surface area contributed by atoms with Crippen molar-refractivity contribution in [1.29, 1.82) is 0 Å². The normalized spacial score (nSPS) is 58.0. The third kappa shape index (κ3) is 2.68. The van der Waals surface area contributed by atoms with Crippen molar-refractivity contribution in [2.75, 3.05) is 0 Å². The van der Waals surface area contributed by atoms with Crippen molar-refractivity contribution in [1.82, 2.24) is 0 Å². The van der Waals surface area contributed by atoms with Crippen molar-refractivity contribution in [3.63, 3.8) is 0 Å². The van der Waals surface area contributed by atoms with E-state index >= 15 is 0 Å². The lowest BCUT2D eigenvalue weighted by Gasteiger charge is -2.61. The zero-order chi connectivity index (χ0) is 26.0. The average Bonchev–Trinajstić information content (AvgIpc) is 3.12. The lowest BCUT2D eigenvalue weighted by Crippen LogP contribution is -2.57. The highest BCUT2D eigenvalue weighted by Crippen LogP contribution is 2.70. The minimum absolute atomic E-state index is 0.0234. The lowest BCUT2D eigenvalue weighted by molar-refractivity contribution is -0.167. The number of esters is 1. The van der Waals surface area contributed by atoms with Crippen molar-refractivity contribution in [3.05, 3.63) is 11.6 Å². The summed E-state index contributed by atoms with van der Waals surface area (Å²) in [5.41, 5.74) is -1.84. The zero-order valence-corrected chi connectivity index (χ0v) is 18.0. The van der Waals surface area contributed by atoms with Crippen LogP contribution in [0.1, 0.15) is 86.7 Å². The van der Waals surface area contributed by atoms with E-state index in [2.05, 4.69) is 0 Å². The summed E-state index contributed by atoms with van der Waals surface area (Å²) < 4.78 is 57.0. The predicted octanol–water partition coefficient (Wildman–Crippen LogP) is 4.85. The molecule has 4 nitrogen and oxygen atoms in total. The first-order valence-corrected chi connectivity index (χ1v) is 11.4. The second-order valence-corrected chi connectivity index (χ2v) is 11.2. The summed E-state index contributed by atoms with van der Waals surface area (Å²) in [6.07, 6.45) is -1.97. The third-order valence-corrected chi connectivity index (χ3v) is 9.72. The maximum absolute atomic E-state index is 12.7. The molecule has 0 radical (unpaired) electrons. The van der Waals surface area contributed by atoms with Gasteiger partial charge in [-0.05, 0) is 74.2 Å². The first-order valence-electron chi connectivity index (χ1n) is 13.6. The average molecular weight is 423 g/mol. The number of hydrogen-bond acceptors (Lipinski definition) is 5. The number of carbonyl (C=O) groups excluding carboxylic acids is 3. The van der Waals surface area contributed by atoms with Crippen LogP contribution in [0, 0.1) is 28.6 Å². The van der Waals surface area contributed by atoms with Crippen molar-refractivity contribution in [2.24, 2.45) is 28.6 Å². The number of ether oxygens (including phenoxy) is 1. The van der Waals surface area contributed by atoms with Gasteiger partial charge in [-0.25, -0.2) is 0 Å². The fraction of sp³-hybridized carbons (Fsp3) is 0.792.